The van der Waals surface area contributed by atoms with Gasteiger partial charge < -0.3 is 5.11 Å². The molecule has 1 atom stereocenters. The van der Waals surface area contributed by atoms with Crippen LogP contribution in [0.15, 0.2) is 0 Å². The van der Waals surface area contributed by atoms with E-state index in [-0.39, 0.29) is 0 Å². The van der Waals surface area contributed by atoms with Crippen LogP contribution in [0.3, 0.4) is 0 Å². The molecule has 0 radical (unpaired) electrons. The van der Waals surface area contributed by atoms with Gasteiger partial charge in [-0.2, -0.15) is 0 Å². The molecule has 1 unspecified atom stereocenters. The van der Waals surface area contributed by atoms with Gasteiger partial charge in [0.05, 0.1) is 5.60 Å². The summed E-state index contributed by atoms with van der Waals surface area (Å²) in [4.78, 5) is 0. The Labute approximate surface area is 76.2 Å². The predicted molar refractivity (Wildman–Crippen MR) is 52.1 cm³/mol. The van der Waals surface area contributed by atoms with Crippen LogP contribution in [-0.2, 0) is 0 Å². The van der Waals surface area contributed by atoms with E-state index in [1.54, 1.807) is 0 Å². The molecule has 0 spiro atoms. The third-order valence-corrected chi connectivity index (χ3v) is 3.21. The second-order valence-electron chi connectivity index (χ2n) is 4.56. The highest BCUT2D eigenvalue weighted by Crippen LogP contribution is 2.31. The third-order valence-electron chi connectivity index (χ3n) is 3.21. The second-order valence-corrected chi connectivity index (χ2v) is 4.56. The first-order valence-electron chi connectivity index (χ1n) is 5.36. The highest BCUT2D eigenvalue weighted by molar-refractivity contribution is 4.77. The normalized spacial score (nSPS) is 25.2. The van der Waals surface area contributed by atoms with Gasteiger partial charge in [-0.1, -0.05) is 39.0 Å². The van der Waals surface area contributed by atoms with Crippen LogP contribution in [0.25, 0.3) is 0 Å². The van der Waals surface area contributed by atoms with Crippen molar-refractivity contribution in [2.75, 3.05) is 0 Å². The summed E-state index contributed by atoms with van der Waals surface area (Å²) in [6.45, 7) is 4.05. The number of hydrogen-bond acceptors (Lipinski definition) is 1. The van der Waals surface area contributed by atoms with Gasteiger partial charge in [-0.25, -0.2) is 0 Å². The molecule has 1 N–H and O–H groups in total. The maximum Gasteiger partial charge on any atom is 0.0619 e. The van der Waals surface area contributed by atoms with Crippen molar-refractivity contribution >= 4 is 0 Å². The van der Waals surface area contributed by atoms with Gasteiger partial charge >= 0.3 is 0 Å². The van der Waals surface area contributed by atoms with E-state index in [4.69, 9.17) is 0 Å². The summed E-state index contributed by atoms with van der Waals surface area (Å²) in [5.41, 5.74) is -0.401. The molecule has 0 bridgehead atoms. The molecule has 0 heterocycles. The van der Waals surface area contributed by atoms with E-state index in [1.165, 1.54) is 32.1 Å². The van der Waals surface area contributed by atoms with Gasteiger partial charge in [0.25, 0.3) is 0 Å². The van der Waals surface area contributed by atoms with Crippen molar-refractivity contribution in [2.45, 2.75) is 64.4 Å². The van der Waals surface area contributed by atoms with Crippen LogP contribution in [0.5, 0.6) is 0 Å². The molecule has 0 aromatic heterocycles. The van der Waals surface area contributed by atoms with Crippen LogP contribution in [0.4, 0.5) is 0 Å². The molecule has 1 aliphatic carbocycles. The van der Waals surface area contributed by atoms with E-state index in [9.17, 15) is 5.11 Å². The maximum atomic E-state index is 9.88. The number of aliphatic hydroxyl groups is 1. The molecule has 1 aliphatic rings. The lowest BCUT2D eigenvalue weighted by molar-refractivity contribution is 0.0241. The first-order chi connectivity index (χ1) is 5.64. The van der Waals surface area contributed by atoms with Crippen LogP contribution < -0.4 is 0 Å². The summed E-state index contributed by atoms with van der Waals surface area (Å²) < 4.78 is 0. The zero-order valence-corrected chi connectivity index (χ0v) is 8.47. The highest BCUT2D eigenvalue weighted by atomic mass is 16.3. The smallest absolute Gasteiger partial charge is 0.0619 e. The fraction of sp³-hybridized carbons (Fsp3) is 1.00. The molecule has 0 saturated heterocycles. The van der Waals surface area contributed by atoms with Crippen molar-refractivity contribution < 1.29 is 5.11 Å². The Morgan fingerprint density at radius 3 is 2.33 bits per heavy atom. The minimum Gasteiger partial charge on any atom is -0.390 e. The molecular formula is C11H22O. The summed E-state index contributed by atoms with van der Waals surface area (Å²) in [7, 11) is 0. The largest absolute Gasteiger partial charge is 0.390 e. The first kappa shape index (κ1) is 10.0. The van der Waals surface area contributed by atoms with Gasteiger partial charge in [0, 0.05) is 0 Å². The SMILES string of the molecule is CCC(C)(O)CC1CCCCC1. The second kappa shape index (κ2) is 4.27. The van der Waals surface area contributed by atoms with Gasteiger partial charge in [-0.3, -0.25) is 0 Å². The van der Waals surface area contributed by atoms with Crippen molar-refractivity contribution in [3.05, 3.63) is 0 Å². The van der Waals surface area contributed by atoms with Crippen LogP contribution in [0.2, 0.25) is 0 Å². The molecule has 72 valence electrons. The highest BCUT2D eigenvalue weighted by Gasteiger charge is 2.24. The van der Waals surface area contributed by atoms with Gasteiger partial charge in [-0.15, -0.1) is 0 Å². The molecule has 0 aromatic rings. The van der Waals surface area contributed by atoms with Gasteiger partial charge in [0.1, 0.15) is 0 Å². The number of rotatable bonds is 3. The molecule has 0 aliphatic heterocycles. The maximum absolute atomic E-state index is 9.88. The van der Waals surface area contributed by atoms with Crippen molar-refractivity contribution in [1.82, 2.24) is 0 Å². The van der Waals surface area contributed by atoms with Gasteiger partial charge in [-0.05, 0) is 25.7 Å². The van der Waals surface area contributed by atoms with E-state index in [0.717, 1.165) is 18.8 Å². The standard InChI is InChI=1S/C11H22O/c1-3-11(2,12)9-10-7-5-4-6-8-10/h10,12H,3-9H2,1-2H3. The Bertz CT molecular complexity index is 123. The minimum absolute atomic E-state index is 0.401. The Morgan fingerprint density at radius 1 is 1.25 bits per heavy atom. The van der Waals surface area contributed by atoms with Crippen LogP contribution in [-0.4, -0.2) is 10.7 Å². The zero-order valence-electron chi connectivity index (χ0n) is 8.47. The van der Waals surface area contributed by atoms with Crippen LogP contribution in [0.1, 0.15) is 58.8 Å². The zero-order chi connectivity index (χ0) is 9.03. The van der Waals surface area contributed by atoms with Gasteiger partial charge in [0.2, 0.25) is 0 Å². The average molecular weight is 170 g/mol. The minimum atomic E-state index is -0.401. The molecule has 0 amide bonds. The summed E-state index contributed by atoms with van der Waals surface area (Å²) in [6.07, 6.45) is 8.76. The van der Waals surface area contributed by atoms with E-state index < -0.39 is 5.60 Å². The Morgan fingerprint density at radius 2 is 1.83 bits per heavy atom. The third kappa shape index (κ3) is 3.14. The van der Waals surface area contributed by atoms with E-state index in [2.05, 4.69) is 6.92 Å². The fourth-order valence-corrected chi connectivity index (χ4v) is 2.16. The Balaban J connectivity index is 2.28. The molecule has 1 saturated carbocycles. The van der Waals surface area contributed by atoms with Crippen LogP contribution >= 0.6 is 0 Å². The average Bonchev–Trinajstić information content (AvgIpc) is 2.06. The molecule has 12 heavy (non-hydrogen) atoms. The van der Waals surface area contributed by atoms with Gasteiger partial charge in [0.15, 0.2) is 0 Å². The van der Waals surface area contributed by atoms with Crippen LogP contribution in [0, 0.1) is 5.92 Å². The number of hydrogen-bond donors (Lipinski definition) is 1. The lowest BCUT2D eigenvalue weighted by Crippen LogP contribution is -2.27. The fourth-order valence-electron chi connectivity index (χ4n) is 2.16. The van der Waals surface area contributed by atoms with Crippen molar-refractivity contribution in [3.63, 3.8) is 0 Å². The monoisotopic (exact) mass is 170 g/mol. The molecule has 1 nitrogen and oxygen atoms in total. The van der Waals surface area contributed by atoms with E-state index >= 15 is 0 Å². The molecule has 1 rings (SSSR count). The van der Waals surface area contributed by atoms with Crippen molar-refractivity contribution in [3.8, 4) is 0 Å². The van der Waals surface area contributed by atoms with E-state index in [1.807, 2.05) is 6.92 Å². The lowest BCUT2D eigenvalue weighted by Gasteiger charge is -2.29. The summed E-state index contributed by atoms with van der Waals surface area (Å²) >= 11 is 0. The summed E-state index contributed by atoms with van der Waals surface area (Å²) in [5, 5.41) is 9.88. The Hall–Kier alpha value is -0.0400. The van der Waals surface area contributed by atoms with Crippen molar-refractivity contribution in [2.24, 2.45) is 5.92 Å². The summed E-state index contributed by atoms with van der Waals surface area (Å²) in [6, 6.07) is 0. The molecule has 0 aromatic carbocycles. The van der Waals surface area contributed by atoms with Crippen molar-refractivity contribution in [1.29, 1.82) is 0 Å². The lowest BCUT2D eigenvalue weighted by atomic mass is 9.81. The molecule has 1 heteroatoms. The predicted octanol–water partition coefficient (Wildman–Crippen LogP) is 3.12. The Kier molecular flexibility index (Phi) is 3.57. The topological polar surface area (TPSA) is 20.2 Å². The first-order valence-corrected chi connectivity index (χ1v) is 5.36. The molecular weight excluding hydrogens is 148 g/mol. The quantitative estimate of drug-likeness (QED) is 0.690. The summed E-state index contributed by atoms with van der Waals surface area (Å²) in [5.74, 6) is 0.800. The molecule has 1 fully saturated rings. The van der Waals surface area contributed by atoms with E-state index in [0.29, 0.717) is 0 Å².